The minimum atomic E-state index is -0.478. The molecule has 0 aliphatic carbocycles. The summed E-state index contributed by atoms with van der Waals surface area (Å²) in [5, 5.41) is 0. The molecular formula is C14H15NO3. The van der Waals surface area contributed by atoms with Crippen molar-refractivity contribution in [3.8, 4) is 5.75 Å². The Bertz CT molecular complexity index is 508. The van der Waals surface area contributed by atoms with Gasteiger partial charge >= 0.3 is 5.97 Å². The van der Waals surface area contributed by atoms with Gasteiger partial charge in [-0.1, -0.05) is 6.58 Å². The van der Waals surface area contributed by atoms with Gasteiger partial charge in [-0.25, -0.2) is 4.79 Å². The molecule has 1 aliphatic heterocycles. The lowest BCUT2D eigenvalue weighted by atomic mass is 10.0. The minimum Gasteiger partial charge on any atom is -0.423 e. The number of esters is 1. The number of amides is 1. The Balaban J connectivity index is 2.29. The number of ether oxygens (including phenoxy) is 1. The second-order valence-corrected chi connectivity index (χ2v) is 4.19. The molecule has 0 saturated carbocycles. The van der Waals surface area contributed by atoms with Crippen molar-refractivity contribution < 1.29 is 14.3 Å². The Hall–Kier alpha value is -2.10. The van der Waals surface area contributed by atoms with Crippen molar-refractivity contribution in [1.29, 1.82) is 0 Å². The predicted octanol–water partition coefficient (Wildman–Crippen LogP) is 2.08. The molecule has 94 valence electrons. The molecule has 18 heavy (non-hydrogen) atoms. The molecule has 0 saturated heterocycles. The van der Waals surface area contributed by atoms with Crippen LogP contribution in [0.3, 0.4) is 0 Å². The maximum Gasteiger partial charge on any atom is 0.335 e. The van der Waals surface area contributed by atoms with Gasteiger partial charge in [-0.2, -0.15) is 0 Å². The molecule has 1 aliphatic rings. The van der Waals surface area contributed by atoms with Crippen LogP contribution in [0, 0.1) is 0 Å². The van der Waals surface area contributed by atoms with Gasteiger partial charge in [0, 0.05) is 25.2 Å². The van der Waals surface area contributed by atoms with Crippen molar-refractivity contribution in [1.82, 2.24) is 0 Å². The summed E-state index contributed by atoms with van der Waals surface area (Å²) in [7, 11) is 0. The highest BCUT2D eigenvalue weighted by molar-refractivity contribution is 5.93. The smallest absolute Gasteiger partial charge is 0.335 e. The van der Waals surface area contributed by atoms with Crippen LogP contribution in [0.2, 0.25) is 0 Å². The van der Waals surface area contributed by atoms with Crippen LogP contribution >= 0.6 is 0 Å². The van der Waals surface area contributed by atoms with Crippen LogP contribution in [-0.4, -0.2) is 18.4 Å². The number of carbonyl (C=O) groups is 2. The highest BCUT2D eigenvalue weighted by Crippen LogP contribution is 2.30. The molecule has 0 spiro atoms. The molecule has 4 heteroatoms. The van der Waals surface area contributed by atoms with Crippen molar-refractivity contribution in [2.75, 3.05) is 11.4 Å². The maximum atomic E-state index is 11.5. The summed E-state index contributed by atoms with van der Waals surface area (Å²) < 4.78 is 5.06. The van der Waals surface area contributed by atoms with Crippen molar-refractivity contribution in [3.63, 3.8) is 0 Å². The fourth-order valence-electron chi connectivity index (χ4n) is 2.12. The molecule has 2 rings (SSSR count). The van der Waals surface area contributed by atoms with Crippen molar-refractivity contribution in [2.24, 2.45) is 0 Å². The van der Waals surface area contributed by atoms with Gasteiger partial charge in [0.15, 0.2) is 0 Å². The lowest BCUT2D eigenvalue weighted by molar-refractivity contribution is -0.129. The third-order valence-electron chi connectivity index (χ3n) is 2.93. The number of rotatable bonds is 2. The van der Waals surface area contributed by atoms with E-state index in [2.05, 4.69) is 6.58 Å². The summed E-state index contributed by atoms with van der Waals surface area (Å²) >= 11 is 0. The fraction of sp³-hybridized carbons (Fsp3) is 0.286. The Morgan fingerprint density at radius 3 is 2.89 bits per heavy atom. The van der Waals surface area contributed by atoms with Crippen LogP contribution in [0.1, 0.15) is 18.9 Å². The molecule has 1 amide bonds. The number of nitrogens with zero attached hydrogens (tertiary/aromatic N) is 1. The Morgan fingerprint density at radius 2 is 2.22 bits per heavy atom. The van der Waals surface area contributed by atoms with Gasteiger partial charge < -0.3 is 9.64 Å². The van der Waals surface area contributed by atoms with E-state index in [-0.39, 0.29) is 5.91 Å². The summed E-state index contributed by atoms with van der Waals surface area (Å²) in [6, 6.07) is 5.33. The van der Waals surface area contributed by atoms with Crippen molar-refractivity contribution in [3.05, 3.63) is 36.4 Å². The molecular weight excluding hydrogens is 230 g/mol. The molecule has 0 unspecified atom stereocenters. The standard InChI is InChI=1S/C14H15NO3/c1-3-14(17)18-12-6-7-13-11(9-12)5-4-8-15(13)10(2)16/h3,6-7,9H,1,4-5,8H2,2H3. The highest BCUT2D eigenvalue weighted by Gasteiger charge is 2.20. The second kappa shape index (κ2) is 5.04. The molecule has 1 heterocycles. The third kappa shape index (κ3) is 2.42. The average molecular weight is 245 g/mol. The SMILES string of the molecule is C=CC(=O)Oc1ccc2c(c1)CCCN2C(C)=O. The minimum absolute atomic E-state index is 0.0341. The maximum absolute atomic E-state index is 11.5. The zero-order chi connectivity index (χ0) is 13.1. The number of anilines is 1. The van der Waals surface area contributed by atoms with E-state index in [0.29, 0.717) is 5.75 Å². The summed E-state index contributed by atoms with van der Waals surface area (Å²) in [6.07, 6.45) is 2.94. The molecule has 0 bridgehead atoms. The molecule has 0 atom stereocenters. The predicted molar refractivity (Wildman–Crippen MR) is 68.6 cm³/mol. The summed E-state index contributed by atoms with van der Waals surface area (Å²) in [6.45, 7) is 5.65. The summed E-state index contributed by atoms with van der Waals surface area (Å²) in [4.78, 5) is 24.4. The zero-order valence-corrected chi connectivity index (χ0v) is 10.3. The van der Waals surface area contributed by atoms with E-state index < -0.39 is 5.97 Å². The number of aryl methyl sites for hydroxylation is 1. The third-order valence-corrected chi connectivity index (χ3v) is 2.93. The number of hydrogen-bond donors (Lipinski definition) is 0. The zero-order valence-electron chi connectivity index (χ0n) is 10.3. The molecule has 1 aromatic rings. The average Bonchev–Trinajstić information content (AvgIpc) is 2.37. The molecule has 0 radical (unpaired) electrons. The monoisotopic (exact) mass is 245 g/mol. The van der Waals surface area contributed by atoms with E-state index in [0.717, 1.165) is 36.7 Å². The molecule has 0 aromatic heterocycles. The fourth-order valence-corrected chi connectivity index (χ4v) is 2.12. The second-order valence-electron chi connectivity index (χ2n) is 4.19. The largest absolute Gasteiger partial charge is 0.423 e. The van der Waals surface area contributed by atoms with E-state index in [1.54, 1.807) is 17.9 Å². The Kier molecular flexibility index (Phi) is 3.46. The van der Waals surface area contributed by atoms with Gasteiger partial charge in [0.05, 0.1) is 0 Å². The number of fused-ring (bicyclic) bond motifs is 1. The normalized spacial score (nSPS) is 13.7. The first-order valence-corrected chi connectivity index (χ1v) is 5.87. The molecule has 0 N–H and O–H groups in total. The molecule has 4 nitrogen and oxygen atoms in total. The van der Waals surface area contributed by atoms with Gasteiger partial charge in [-0.05, 0) is 36.6 Å². The molecule has 0 fully saturated rings. The highest BCUT2D eigenvalue weighted by atomic mass is 16.5. The Labute approximate surface area is 106 Å². The number of benzene rings is 1. The molecule has 1 aromatic carbocycles. The Morgan fingerprint density at radius 1 is 1.44 bits per heavy atom. The van der Waals surface area contributed by atoms with E-state index in [1.807, 2.05) is 12.1 Å². The van der Waals surface area contributed by atoms with Gasteiger partial charge in [-0.15, -0.1) is 0 Å². The van der Waals surface area contributed by atoms with Crippen molar-refractivity contribution >= 4 is 17.6 Å². The van der Waals surface area contributed by atoms with Gasteiger partial charge in [0.2, 0.25) is 5.91 Å². The number of carbonyl (C=O) groups excluding carboxylic acids is 2. The van der Waals surface area contributed by atoms with Gasteiger partial charge in [0.25, 0.3) is 0 Å². The number of hydrogen-bond acceptors (Lipinski definition) is 3. The van der Waals surface area contributed by atoms with E-state index in [4.69, 9.17) is 4.74 Å². The van der Waals surface area contributed by atoms with E-state index in [1.165, 1.54) is 0 Å². The van der Waals surface area contributed by atoms with E-state index >= 15 is 0 Å². The van der Waals surface area contributed by atoms with Crippen LogP contribution in [0.5, 0.6) is 5.75 Å². The quantitative estimate of drug-likeness (QED) is 0.455. The van der Waals surface area contributed by atoms with E-state index in [9.17, 15) is 9.59 Å². The lowest BCUT2D eigenvalue weighted by Crippen LogP contribution is -2.33. The topological polar surface area (TPSA) is 46.6 Å². The first-order valence-electron chi connectivity index (χ1n) is 5.87. The van der Waals surface area contributed by atoms with Crippen LogP contribution in [0.4, 0.5) is 5.69 Å². The van der Waals surface area contributed by atoms with Gasteiger partial charge in [0.1, 0.15) is 5.75 Å². The lowest BCUT2D eigenvalue weighted by Gasteiger charge is -2.28. The van der Waals surface area contributed by atoms with Crippen molar-refractivity contribution in [2.45, 2.75) is 19.8 Å². The van der Waals surface area contributed by atoms with Gasteiger partial charge in [-0.3, -0.25) is 4.79 Å². The first-order chi connectivity index (χ1) is 8.61. The van der Waals surface area contributed by atoms with Crippen LogP contribution < -0.4 is 9.64 Å². The first kappa shape index (κ1) is 12.4. The summed E-state index contributed by atoms with van der Waals surface area (Å²) in [5.41, 5.74) is 1.94. The van der Waals surface area contributed by atoms with Crippen LogP contribution in [0.15, 0.2) is 30.9 Å². The van der Waals surface area contributed by atoms with Crippen LogP contribution in [0.25, 0.3) is 0 Å². The summed E-state index contributed by atoms with van der Waals surface area (Å²) in [5.74, 6) is 0.0463. The van der Waals surface area contributed by atoms with Crippen LogP contribution in [-0.2, 0) is 16.0 Å².